The van der Waals surface area contributed by atoms with Crippen LogP contribution >= 0.6 is 0 Å². The molecule has 0 saturated heterocycles. The molecule has 0 atom stereocenters. The van der Waals surface area contributed by atoms with Crippen molar-refractivity contribution in [2.45, 2.75) is 20.8 Å². The lowest BCUT2D eigenvalue weighted by Crippen LogP contribution is -2.33. The van der Waals surface area contributed by atoms with Crippen LogP contribution in [0.5, 0.6) is 0 Å². The zero-order chi connectivity index (χ0) is 16.1. The molecule has 2 rings (SSSR count). The summed E-state index contributed by atoms with van der Waals surface area (Å²) < 4.78 is 0. The highest BCUT2D eigenvalue weighted by Gasteiger charge is 2.09. The van der Waals surface area contributed by atoms with Crippen LogP contribution in [0.2, 0.25) is 0 Å². The van der Waals surface area contributed by atoms with Gasteiger partial charge in [0.1, 0.15) is 5.82 Å². The number of carbonyl (C=O) groups excluding carboxylic acids is 2. The average molecular weight is 297 g/mol. The predicted octanol–water partition coefficient (Wildman–Crippen LogP) is 2.38. The number of pyridine rings is 1. The Morgan fingerprint density at radius 3 is 2.36 bits per heavy atom. The van der Waals surface area contributed by atoms with Gasteiger partial charge in [-0.2, -0.15) is 0 Å². The first-order chi connectivity index (χ1) is 10.4. The van der Waals surface area contributed by atoms with Crippen LogP contribution < -0.4 is 10.6 Å². The van der Waals surface area contributed by atoms with E-state index in [2.05, 4.69) is 15.6 Å². The number of aryl methyl sites for hydroxylation is 3. The van der Waals surface area contributed by atoms with Crippen molar-refractivity contribution in [3.8, 4) is 0 Å². The van der Waals surface area contributed by atoms with E-state index in [9.17, 15) is 9.59 Å². The minimum atomic E-state index is -0.309. The first-order valence-electron chi connectivity index (χ1n) is 7.04. The van der Waals surface area contributed by atoms with Crippen molar-refractivity contribution in [1.29, 1.82) is 0 Å². The standard InChI is InChI=1S/C17H19N3O2/c1-11-7-12(2)9-14(8-11)17(22)18-10-16(21)20-15-6-4-5-13(3)19-15/h4-9H,10H2,1-3H3,(H,18,22)(H,19,20,21). The number of rotatable bonds is 4. The highest BCUT2D eigenvalue weighted by molar-refractivity contribution is 5.99. The van der Waals surface area contributed by atoms with E-state index in [-0.39, 0.29) is 18.4 Å². The van der Waals surface area contributed by atoms with Crippen LogP contribution in [0.1, 0.15) is 27.2 Å². The van der Waals surface area contributed by atoms with Gasteiger partial charge in [-0.25, -0.2) is 4.98 Å². The van der Waals surface area contributed by atoms with Crippen LogP contribution in [-0.4, -0.2) is 23.3 Å². The monoisotopic (exact) mass is 297 g/mol. The van der Waals surface area contributed by atoms with Gasteiger partial charge in [0.25, 0.3) is 5.91 Å². The highest BCUT2D eigenvalue weighted by atomic mass is 16.2. The van der Waals surface area contributed by atoms with Crippen molar-refractivity contribution >= 4 is 17.6 Å². The summed E-state index contributed by atoms with van der Waals surface area (Å²) in [6.07, 6.45) is 0. The maximum Gasteiger partial charge on any atom is 0.251 e. The molecule has 0 bridgehead atoms. The van der Waals surface area contributed by atoms with Crippen LogP contribution in [0, 0.1) is 20.8 Å². The molecule has 0 radical (unpaired) electrons. The van der Waals surface area contributed by atoms with Crippen LogP contribution in [-0.2, 0) is 4.79 Å². The SMILES string of the molecule is Cc1cc(C)cc(C(=O)NCC(=O)Nc2cccc(C)n2)c1. The quantitative estimate of drug-likeness (QED) is 0.910. The van der Waals surface area contributed by atoms with Crippen LogP contribution in [0.15, 0.2) is 36.4 Å². The number of nitrogens with zero attached hydrogens (tertiary/aromatic N) is 1. The number of amides is 2. The molecule has 2 amide bonds. The Kier molecular flexibility index (Phi) is 4.88. The summed E-state index contributed by atoms with van der Waals surface area (Å²) >= 11 is 0. The molecule has 1 heterocycles. The first-order valence-corrected chi connectivity index (χ1v) is 7.04. The summed E-state index contributed by atoms with van der Waals surface area (Å²) in [5.74, 6) is -0.0966. The van der Waals surface area contributed by atoms with E-state index in [1.54, 1.807) is 18.2 Å². The molecule has 1 aromatic carbocycles. The lowest BCUT2D eigenvalue weighted by molar-refractivity contribution is -0.115. The van der Waals surface area contributed by atoms with E-state index in [1.165, 1.54) is 0 Å². The summed E-state index contributed by atoms with van der Waals surface area (Å²) in [7, 11) is 0. The van der Waals surface area contributed by atoms with Crippen LogP contribution in [0.25, 0.3) is 0 Å². The number of aromatic nitrogens is 1. The Morgan fingerprint density at radius 1 is 1.05 bits per heavy atom. The zero-order valence-corrected chi connectivity index (χ0v) is 12.9. The molecular formula is C17H19N3O2. The molecule has 0 aliphatic rings. The average Bonchev–Trinajstić information content (AvgIpc) is 2.43. The first kappa shape index (κ1) is 15.7. The normalized spacial score (nSPS) is 10.1. The van der Waals surface area contributed by atoms with Crippen molar-refractivity contribution in [3.63, 3.8) is 0 Å². The number of hydrogen-bond acceptors (Lipinski definition) is 3. The highest BCUT2D eigenvalue weighted by Crippen LogP contribution is 2.08. The molecule has 5 nitrogen and oxygen atoms in total. The number of benzene rings is 1. The Labute approximate surface area is 129 Å². The number of carbonyl (C=O) groups is 2. The molecule has 0 saturated carbocycles. The molecule has 0 aliphatic carbocycles. The van der Waals surface area contributed by atoms with E-state index < -0.39 is 0 Å². The fraction of sp³-hybridized carbons (Fsp3) is 0.235. The van der Waals surface area contributed by atoms with Gasteiger partial charge < -0.3 is 10.6 Å². The molecule has 22 heavy (non-hydrogen) atoms. The lowest BCUT2D eigenvalue weighted by atomic mass is 10.1. The lowest BCUT2D eigenvalue weighted by Gasteiger charge is -2.08. The summed E-state index contributed by atoms with van der Waals surface area (Å²) in [5, 5.41) is 5.26. The van der Waals surface area contributed by atoms with E-state index in [4.69, 9.17) is 0 Å². The molecule has 0 unspecified atom stereocenters. The van der Waals surface area contributed by atoms with E-state index >= 15 is 0 Å². The van der Waals surface area contributed by atoms with Crippen molar-refractivity contribution in [2.75, 3.05) is 11.9 Å². The smallest absolute Gasteiger partial charge is 0.251 e. The predicted molar refractivity (Wildman–Crippen MR) is 85.9 cm³/mol. The van der Waals surface area contributed by atoms with Gasteiger partial charge in [-0.05, 0) is 45.0 Å². The molecule has 0 fully saturated rings. The van der Waals surface area contributed by atoms with Crippen molar-refractivity contribution in [2.24, 2.45) is 0 Å². The summed E-state index contributed by atoms with van der Waals surface area (Å²) in [6.45, 7) is 5.61. The van der Waals surface area contributed by atoms with E-state index in [0.717, 1.165) is 16.8 Å². The number of anilines is 1. The van der Waals surface area contributed by atoms with Crippen molar-refractivity contribution in [3.05, 3.63) is 58.8 Å². The van der Waals surface area contributed by atoms with Gasteiger partial charge in [-0.15, -0.1) is 0 Å². The van der Waals surface area contributed by atoms with Gasteiger partial charge in [0.05, 0.1) is 6.54 Å². The number of hydrogen-bond donors (Lipinski definition) is 2. The molecule has 5 heteroatoms. The molecule has 2 aromatic rings. The second-order valence-corrected chi connectivity index (χ2v) is 5.27. The van der Waals surface area contributed by atoms with E-state index in [1.807, 2.05) is 39.0 Å². The molecular weight excluding hydrogens is 278 g/mol. The third-order valence-electron chi connectivity index (χ3n) is 3.05. The molecule has 1 aromatic heterocycles. The minimum absolute atomic E-state index is 0.0958. The van der Waals surface area contributed by atoms with Crippen molar-refractivity contribution < 1.29 is 9.59 Å². The van der Waals surface area contributed by atoms with Crippen LogP contribution in [0.4, 0.5) is 5.82 Å². The van der Waals surface area contributed by atoms with Gasteiger partial charge in [-0.1, -0.05) is 23.3 Å². The Morgan fingerprint density at radius 2 is 1.73 bits per heavy atom. The fourth-order valence-corrected chi connectivity index (χ4v) is 2.17. The van der Waals surface area contributed by atoms with Gasteiger partial charge in [0, 0.05) is 11.3 Å². The topological polar surface area (TPSA) is 71.1 Å². The minimum Gasteiger partial charge on any atom is -0.343 e. The second kappa shape index (κ2) is 6.85. The number of nitrogens with one attached hydrogen (secondary N) is 2. The van der Waals surface area contributed by atoms with Crippen molar-refractivity contribution in [1.82, 2.24) is 10.3 Å². The summed E-state index contributed by atoms with van der Waals surface area (Å²) in [6, 6.07) is 10.9. The third-order valence-corrected chi connectivity index (χ3v) is 3.05. The summed E-state index contributed by atoms with van der Waals surface area (Å²) in [5.41, 5.74) is 3.40. The van der Waals surface area contributed by atoms with Gasteiger partial charge in [-0.3, -0.25) is 9.59 Å². The van der Waals surface area contributed by atoms with E-state index in [0.29, 0.717) is 11.4 Å². The second-order valence-electron chi connectivity index (χ2n) is 5.27. The fourth-order valence-electron chi connectivity index (χ4n) is 2.17. The summed E-state index contributed by atoms with van der Waals surface area (Å²) in [4.78, 5) is 28.1. The Hall–Kier alpha value is -2.69. The van der Waals surface area contributed by atoms with Gasteiger partial charge >= 0.3 is 0 Å². The van der Waals surface area contributed by atoms with Gasteiger partial charge in [0.15, 0.2) is 0 Å². The Bertz CT molecular complexity index is 691. The maximum absolute atomic E-state index is 12.1. The van der Waals surface area contributed by atoms with Gasteiger partial charge in [0.2, 0.25) is 5.91 Å². The molecule has 114 valence electrons. The molecule has 0 aliphatic heterocycles. The maximum atomic E-state index is 12.1. The largest absolute Gasteiger partial charge is 0.343 e. The molecule has 0 spiro atoms. The molecule has 2 N–H and O–H groups in total. The zero-order valence-electron chi connectivity index (χ0n) is 12.9. The van der Waals surface area contributed by atoms with Crippen LogP contribution in [0.3, 0.4) is 0 Å². The third kappa shape index (κ3) is 4.41. The Balaban J connectivity index is 1.92.